The minimum atomic E-state index is -0.582. The zero-order valence-electron chi connectivity index (χ0n) is 12.7. The first-order valence-electron chi connectivity index (χ1n) is 7.19. The van der Waals surface area contributed by atoms with Crippen LogP contribution >= 0.6 is 27.3 Å². The van der Waals surface area contributed by atoms with Crippen LogP contribution in [0.15, 0.2) is 21.4 Å². The SMILES string of the molecule is CC(C)n1cc(CC2NC(=O)N(Cc3csc(Br)c3)C2=O)nn1. The summed E-state index contributed by atoms with van der Waals surface area (Å²) in [4.78, 5) is 25.7. The van der Waals surface area contributed by atoms with E-state index in [0.717, 1.165) is 9.35 Å². The molecular formula is C14H16BrN5O2S. The Labute approximate surface area is 145 Å². The molecule has 1 fully saturated rings. The van der Waals surface area contributed by atoms with Gasteiger partial charge in [0.1, 0.15) is 6.04 Å². The number of nitrogens with zero attached hydrogens (tertiary/aromatic N) is 4. The van der Waals surface area contributed by atoms with E-state index in [4.69, 9.17) is 0 Å². The van der Waals surface area contributed by atoms with Gasteiger partial charge in [0.05, 0.1) is 16.0 Å². The summed E-state index contributed by atoms with van der Waals surface area (Å²) in [5, 5.41) is 12.7. The molecule has 0 bridgehead atoms. The highest BCUT2D eigenvalue weighted by molar-refractivity contribution is 9.11. The number of thiophene rings is 1. The molecule has 1 N–H and O–H groups in total. The average Bonchev–Trinajstić information content (AvgIpc) is 3.17. The largest absolute Gasteiger partial charge is 0.325 e. The monoisotopic (exact) mass is 397 g/mol. The van der Waals surface area contributed by atoms with Gasteiger partial charge in [0.25, 0.3) is 5.91 Å². The second-order valence-electron chi connectivity index (χ2n) is 5.67. The number of halogens is 1. The maximum Gasteiger partial charge on any atom is 0.325 e. The number of urea groups is 1. The molecule has 0 saturated carbocycles. The maximum atomic E-state index is 12.5. The van der Waals surface area contributed by atoms with Crippen molar-refractivity contribution >= 4 is 39.2 Å². The Kier molecular flexibility index (Phi) is 4.49. The van der Waals surface area contributed by atoms with Gasteiger partial charge in [0.15, 0.2) is 0 Å². The third-order valence-corrected chi connectivity index (χ3v) is 5.12. The van der Waals surface area contributed by atoms with E-state index < -0.39 is 6.04 Å². The Morgan fingerprint density at radius 3 is 2.83 bits per heavy atom. The molecule has 1 saturated heterocycles. The lowest BCUT2D eigenvalue weighted by Gasteiger charge is -2.11. The molecule has 1 unspecified atom stereocenters. The summed E-state index contributed by atoms with van der Waals surface area (Å²) >= 11 is 4.90. The van der Waals surface area contributed by atoms with Crippen LogP contribution in [0.1, 0.15) is 31.1 Å². The third-order valence-electron chi connectivity index (χ3n) is 3.57. The fourth-order valence-corrected chi connectivity index (χ4v) is 3.55. The molecule has 122 valence electrons. The van der Waals surface area contributed by atoms with E-state index in [1.54, 1.807) is 4.68 Å². The predicted molar refractivity (Wildman–Crippen MR) is 89.0 cm³/mol. The standard InChI is InChI=1S/C14H16BrN5O2S/c1-8(2)20-6-10(17-18-20)4-11-13(21)19(14(22)16-11)5-9-3-12(15)23-7-9/h3,6-8,11H,4-5H2,1-2H3,(H,16,22). The first-order chi connectivity index (χ1) is 10.9. The molecular weight excluding hydrogens is 382 g/mol. The van der Waals surface area contributed by atoms with Crippen LogP contribution in [0.3, 0.4) is 0 Å². The topological polar surface area (TPSA) is 80.1 Å². The molecule has 0 aromatic carbocycles. The van der Waals surface area contributed by atoms with E-state index >= 15 is 0 Å². The number of imide groups is 1. The van der Waals surface area contributed by atoms with E-state index in [2.05, 4.69) is 31.6 Å². The van der Waals surface area contributed by atoms with Crippen LogP contribution < -0.4 is 5.32 Å². The highest BCUT2D eigenvalue weighted by atomic mass is 79.9. The number of carbonyl (C=O) groups excluding carboxylic acids is 2. The van der Waals surface area contributed by atoms with E-state index in [1.165, 1.54) is 16.2 Å². The van der Waals surface area contributed by atoms with Gasteiger partial charge >= 0.3 is 6.03 Å². The van der Waals surface area contributed by atoms with Crippen molar-refractivity contribution in [2.24, 2.45) is 0 Å². The van der Waals surface area contributed by atoms with Crippen molar-refractivity contribution in [3.05, 3.63) is 32.7 Å². The summed E-state index contributed by atoms with van der Waals surface area (Å²) in [5.74, 6) is -0.226. The lowest BCUT2D eigenvalue weighted by atomic mass is 10.1. The fourth-order valence-electron chi connectivity index (χ4n) is 2.34. The Bertz CT molecular complexity index is 741. The van der Waals surface area contributed by atoms with E-state index in [1.807, 2.05) is 31.5 Å². The smallest absolute Gasteiger partial charge is 0.325 e. The number of carbonyl (C=O) groups is 2. The lowest BCUT2D eigenvalue weighted by Crippen LogP contribution is -2.32. The van der Waals surface area contributed by atoms with Gasteiger partial charge in [-0.25, -0.2) is 9.48 Å². The van der Waals surface area contributed by atoms with Gasteiger partial charge < -0.3 is 5.32 Å². The second-order valence-corrected chi connectivity index (χ2v) is 7.96. The van der Waals surface area contributed by atoms with Crippen LogP contribution in [-0.4, -0.2) is 37.9 Å². The van der Waals surface area contributed by atoms with Gasteiger partial charge in [0.2, 0.25) is 0 Å². The third kappa shape index (κ3) is 3.45. The van der Waals surface area contributed by atoms with E-state index in [0.29, 0.717) is 12.1 Å². The molecule has 9 heteroatoms. The number of hydrogen-bond acceptors (Lipinski definition) is 5. The number of hydrogen-bond donors (Lipinski definition) is 1. The van der Waals surface area contributed by atoms with Crippen LogP contribution in [0.4, 0.5) is 4.79 Å². The molecule has 0 aliphatic carbocycles. The van der Waals surface area contributed by atoms with Crippen molar-refractivity contribution in [3.8, 4) is 0 Å². The predicted octanol–water partition coefficient (Wildman–Crippen LogP) is 2.35. The molecule has 1 aliphatic heterocycles. The molecule has 3 rings (SSSR count). The van der Waals surface area contributed by atoms with Crippen molar-refractivity contribution in [1.29, 1.82) is 0 Å². The number of nitrogens with one attached hydrogen (secondary N) is 1. The van der Waals surface area contributed by atoms with Crippen LogP contribution in [0.25, 0.3) is 0 Å². The normalized spacial score (nSPS) is 18.1. The van der Waals surface area contributed by atoms with Crippen molar-refractivity contribution < 1.29 is 9.59 Å². The van der Waals surface area contributed by atoms with Crippen LogP contribution in [0.5, 0.6) is 0 Å². The highest BCUT2D eigenvalue weighted by Crippen LogP contribution is 2.23. The van der Waals surface area contributed by atoms with Crippen molar-refractivity contribution in [2.75, 3.05) is 0 Å². The van der Waals surface area contributed by atoms with Crippen LogP contribution in [0, 0.1) is 0 Å². The van der Waals surface area contributed by atoms with Crippen LogP contribution in [0.2, 0.25) is 0 Å². The van der Waals surface area contributed by atoms with Crippen LogP contribution in [-0.2, 0) is 17.8 Å². The number of rotatable bonds is 5. The molecule has 1 atom stereocenters. The molecule has 0 radical (unpaired) electrons. The zero-order valence-corrected chi connectivity index (χ0v) is 15.1. The first kappa shape index (κ1) is 16.1. The van der Waals surface area contributed by atoms with Gasteiger partial charge in [0, 0.05) is 18.7 Å². The Hall–Kier alpha value is -1.74. The van der Waals surface area contributed by atoms with E-state index in [-0.39, 0.29) is 24.5 Å². The molecule has 3 amide bonds. The lowest BCUT2D eigenvalue weighted by molar-refractivity contribution is -0.127. The Morgan fingerprint density at radius 1 is 1.43 bits per heavy atom. The van der Waals surface area contributed by atoms with Crippen molar-refractivity contribution in [3.63, 3.8) is 0 Å². The Balaban J connectivity index is 1.67. The van der Waals surface area contributed by atoms with Crippen molar-refractivity contribution in [2.45, 2.75) is 38.9 Å². The summed E-state index contributed by atoms with van der Waals surface area (Å²) < 4.78 is 2.71. The molecule has 7 nitrogen and oxygen atoms in total. The molecule has 1 aliphatic rings. The fraction of sp³-hybridized carbons (Fsp3) is 0.429. The average molecular weight is 398 g/mol. The number of aromatic nitrogens is 3. The summed E-state index contributed by atoms with van der Waals surface area (Å²) in [6.07, 6.45) is 2.16. The molecule has 3 heterocycles. The minimum absolute atomic E-state index is 0.207. The molecule has 2 aromatic heterocycles. The molecule has 2 aromatic rings. The zero-order chi connectivity index (χ0) is 16.6. The molecule has 23 heavy (non-hydrogen) atoms. The maximum absolute atomic E-state index is 12.5. The van der Waals surface area contributed by atoms with Gasteiger partial charge in [-0.15, -0.1) is 16.4 Å². The van der Waals surface area contributed by atoms with Crippen molar-refractivity contribution in [1.82, 2.24) is 25.2 Å². The molecule has 0 spiro atoms. The van der Waals surface area contributed by atoms with Gasteiger partial charge in [-0.2, -0.15) is 0 Å². The summed E-state index contributed by atoms with van der Waals surface area (Å²) in [6, 6.07) is 1.17. The number of amides is 3. The highest BCUT2D eigenvalue weighted by Gasteiger charge is 2.38. The van der Waals surface area contributed by atoms with Gasteiger partial charge in [-0.1, -0.05) is 5.21 Å². The quantitative estimate of drug-likeness (QED) is 0.785. The second kappa shape index (κ2) is 6.40. The van der Waals surface area contributed by atoms with Gasteiger partial charge in [-0.05, 0) is 46.8 Å². The van der Waals surface area contributed by atoms with E-state index in [9.17, 15) is 9.59 Å². The first-order valence-corrected chi connectivity index (χ1v) is 8.87. The van der Waals surface area contributed by atoms with Gasteiger partial charge in [-0.3, -0.25) is 9.69 Å². The summed E-state index contributed by atoms with van der Waals surface area (Å²) in [5.41, 5.74) is 1.62. The minimum Gasteiger partial charge on any atom is -0.325 e. The summed E-state index contributed by atoms with van der Waals surface area (Å²) in [6.45, 7) is 4.28. The Morgan fingerprint density at radius 2 is 2.22 bits per heavy atom. The summed E-state index contributed by atoms with van der Waals surface area (Å²) in [7, 11) is 0.